The first-order valence-electron chi connectivity index (χ1n) is 6.75. The Morgan fingerprint density at radius 3 is 2.95 bits per heavy atom. The zero-order valence-corrected chi connectivity index (χ0v) is 11.7. The van der Waals surface area contributed by atoms with E-state index >= 15 is 0 Å². The molecule has 0 aliphatic carbocycles. The Morgan fingerprint density at radius 2 is 2.26 bits per heavy atom. The highest BCUT2D eigenvalue weighted by atomic mass is 16.5. The maximum Gasteiger partial charge on any atom is 0.231 e. The van der Waals surface area contributed by atoms with Crippen molar-refractivity contribution in [2.24, 2.45) is 5.41 Å². The lowest BCUT2D eigenvalue weighted by atomic mass is 9.88. The van der Waals surface area contributed by atoms with E-state index in [0.29, 0.717) is 6.61 Å². The number of para-hydroxylation sites is 1. The van der Waals surface area contributed by atoms with Crippen LogP contribution in [0.5, 0.6) is 0 Å². The van der Waals surface area contributed by atoms with E-state index in [9.17, 15) is 4.79 Å². The van der Waals surface area contributed by atoms with Gasteiger partial charge in [-0.25, -0.2) is 0 Å². The standard InChI is InChI=1S/C15H22N2O2/c1-15(8-9-16-11-15)14(18)17-13-6-4-3-5-12(13)7-10-19-2/h3-6,16H,7-11H2,1-2H3,(H,17,18). The number of amides is 1. The van der Waals surface area contributed by atoms with Crippen molar-refractivity contribution in [1.82, 2.24) is 5.32 Å². The van der Waals surface area contributed by atoms with Crippen LogP contribution in [-0.2, 0) is 16.0 Å². The lowest BCUT2D eigenvalue weighted by molar-refractivity contribution is -0.123. The number of carbonyl (C=O) groups is 1. The molecule has 4 nitrogen and oxygen atoms in total. The fraction of sp³-hybridized carbons (Fsp3) is 0.533. The molecular weight excluding hydrogens is 240 g/mol. The second-order valence-electron chi connectivity index (χ2n) is 5.34. The van der Waals surface area contributed by atoms with E-state index in [1.165, 1.54) is 0 Å². The summed E-state index contributed by atoms with van der Waals surface area (Å²) in [6, 6.07) is 7.92. The van der Waals surface area contributed by atoms with Crippen molar-refractivity contribution >= 4 is 11.6 Å². The molecule has 104 valence electrons. The van der Waals surface area contributed by atoms with Crippen molar-refractivity contribution in [2.75, 3.05) is 32.1 Å². The minimum Gasteiger partial charge on any atom is -0.384 e. The first-order chi connectivity index (χ1) is 9.15. The van der Waals surface area contributed by atoms with Crippen LogP contribution in [0.15, 0.2) is 24.3 Å². The van der Waals surface area contributed by atoms with Gasteiger partial charge in [-0.1, -0.05) is 18.2 Å². The molecule has 0 bridgehead atoms. The van der Waals surface area contributed by atoms with Crippen LogP contribution in [0.3, 0.4) is 0 Å². The van der Waals surface area contributed by atoms with E-state index in [0.717, 1.165) is 37.2 Å². The number of carbonyl (C=O) groups excluding carboxylic acids is 1. The van der Waals surface area contributed by atoms with Gasteiger partial charge in [0, 0.05) is 19.3 Å². The molecule has 19 heavy (non-hydrogen) atoms. The first-order valence-corrected chi connectivity index (χ1v) is 6.75. The molecule has 1 amide bonds. The van der Waals surface area contributed by atoms with Crippen LogP contribution in [0.25, 0.3) is 0 Å². The molecule has 0 saturated carbocycles. The number of anilines is 1. The van der Waals surface area contributed by atoms with E-state index in [-0.39, 0.29) is 11.3 Å². The first kappa shape index (κ1) is 14.0. The number of nitrogens with one attached hydrogen (secondary N) is 2. The number of methoxy groups -OCH3 is 1. The van der Waals surface area contributed by atoms with Crippen molar-refractivity contribution in [1.29, 1.82) is 0 Å². The van der Waals surface area contributed by atoms with Crippen LogP contribution in [0.2, 0.25) is 0 Å². The number of benzene rings is 1. The highest BCUT2D eigenvalue weighted by Crippen LogP contribution is 2.27. The van der Waals surface area contributed by atoms with Gasteiger partial charge in [-0.2, -0.15) is 0 Å². The maximum atomic E-state index is 12.4. The van der Waals surface area contributed by atoms with Gasteiger partial charge in [0.25, 0.3) is 0 Å². The molecule has 0 radical (unpaired) electrons. The normalized spacial score (nSPS) is 22.4. The summed E-state index contributed by atoms with van der Waals surface area (Å²) >= 11 is 0. The SMILES string of the molecule is COCCc1ccccc1NC(=O)C1(C)CCNC1. The van der Waals surface area contributed by atoms with Gasteiger partial charge in [0.05, 0.1) is 12.0 Å². The van der Waals surface area contributed by atoms with Crippen LogP contribution in [0, 0.1) is 5.41 Å². The molecule has 2 N–H and O–H groups in total. The third-order valence-corrected chi connectivity index (χ3v) is 3.76. The quantitative estimate of drug-likeness (QED) is 0.851. The van der Waals surface area contributed by atoms with Crippen LogP contribution in [0.1, 0.15) is 18.9 Å². The van der Waals surface area contributed by atoms with Crippen molar-refractivity contribution in [3.05, 3.63) is 29.8 Å². The van der Waals surface area contributed by atoms with Gasteiger partial charge in [-0.05, 0) is 37.9 Å². The Bertz CT molecular complexity index is 440. The van der Waals surface area contributed by atoms with Crippen LogP contribution < -0.4 is 10.6 Å². The lowest BCUT2D eigenvalue weighted by Crippen LogP contribution is -2.35. The van der Waals surface area contributed by atoms with E-state index < -0.39 is 0 Å². The van der Waals surface area contributed by atoms with E-state index in [4.69, 9.17) is 4.74 Å². The van der Waals surface area contributed by atoms with Crippen LogP contribution >= 0.6 is 0 Å². The zero-order chi connectivity index (χ0) is 13.7. The topological polar surface area (TPSA) is 50.4 Å². The van der Waals surface area contributed by atoms with Gasteiger partial charge in [-0.15, -0.1) is 0 Å². The van der Waals surface area contributed by atoms with Gasteiger partial charge in [0.2, 0.25) is 5.91 Å². The minimum absolute atomic E-state index is 0.0994. The molecule has 4 heteroatoms. The third-order valence-electron chi connectivity index (χ3n) is 3.76. The molecule has 2 rings (SSSR count). The predicted octanol–water partition coefficient (Wildman–Crippen LogP) is 1.81. The number of hydrogen-bond acceptors (Lipinski definition) is 3. The fourth-order valence-electron chi connectivity index (χ4n) is 2.36. The Labute approximate surface area is 114 Å². The van der Waals surface area contributed by atoms with Gasteiger partial charge in [-0.3, -0.25) is 4.79 Å². The Morgan fingerprint density at radius 1 is 1.47 bits per heavy atom. The molecule has 1 atom stereocenters. The van der Waals surface area contributed by atoms with E-state index in [1.807, 2.05) is 31.2 Å². The summed E-state index contributed by atoms with van der Waals surface area (Å²) in [5.74, 6) is 0.0994. The summed E-state index contributed by atoms with van der Waals surface area (Å²) in [7, 11) is 1.69. The molecular formula is C15H22N2O2. The van der Waals surface area contributed by atoms with Crippen molar-refractivity contribution in [3.63, 3.8) is 0 Å². The second-order valence-corrected chi connectivity index (χ2v) is 5.34. The summed E-state index contributed by atoms with van der Waals surface area (Å²) in [6.45, 7) is 4.33. The third kappa shape index (κ3) is 3.33. The average Bonchev–Trinajstić information content (AvgIpc) is 2.86. The lowest BCUT2D eigenvalue weighted by Gasteiger charge is -2.22. The van der Waals surface area contributed by atoms with Crippen LogP contribution in [0.4, 0.5) is 5.69 Å². The molecule has 0 aromatic heterocycles. The van der Waals surface area contributed by atoms with Crippen molar-refractivity contribution in [3.8, 4) is 0 Å². The van der Waals surface area contributed by atoms with Crippen molar-refractivity contribution in [2.45, 2.75) is 19.8 Å². The molecule has 1 saturated heterocycles. The zero-order valence-electron chi connectivity index (χ0n) is 11.7. The molecule has 1 aliphatic heterocycles. The monoisotopic (exact) mass is 262 g/mol. The molecule has 1 aliphatic rings. The Hall–Kier alpha value is -1.39. The van der Waals surface area contributed by atoms with Crippen LogP contribution in [-0.4, -0.2) is 32.7 Å². The highest BCUT2D eigenvalue weighted by Gasteiger charge is 2.36. The second kappa shape index (κ2) is 6.17. The van der Waals surface area contributed by atoms with E-state index in [2.05, 4.69) is 10.6 Å². The van der Waals surface area contributed by atoms with Gasteiger partial charge >= 0.3 is 0 Å². The van der Waals surface area contributed by atoms with E-state index in [1.54, 1.807) is 7.11 Å². The fourth-order valence-corrected chi connectivity index (χ4v) is 2.36. The molecule has 1 aromatic rings. The molecule has 1 heterocycles. The number of ether oxygens (including phenoxy) is 1. The predicted molar refractivity (Wildman–Crippen MR) is 76.2 cm³/mol. The highest BCUT2D eigenvalue weighted by molar-refractivity contribution is 5.96. The Balaban J connectivity index is 2.07. The summed E-state index contributed by atoms with van der Waals surface area (Å²) in [5.41, 5.74) is 1.72. The summed E-state index contributed by atoms with van der Waals surface area (Å²) in [4.78, 5) is 12.4. The summed E-state index contributed by atoms with van der Waals surface area (Å²) in [5, 5.41) is 6.31. The van der Waals surface area contributed by atoms with Gasteiger partial charge < -0.3 is 15.4 Å². The summed E-state index contributed by atoms with van der Waals surface area (Å²) in [6.07, 6.45) is 1.70. The summed E-state index contributed by atoms with van der Waals surface area (Å²) < 4.78 is 5.10. The molecule has 0 spiro atoms. The smallest absolute Gasteiger partial charge is 0.231 e. The number of rotatable bonds is 5. The molecule has 1 unspecified atom stereocenters. The Kier molecular flexibility index (Phi) is 4.56. The number of hydrogen-bond donors (Lipinski definition) is 2. The van der Waals surface area contributed by atoms with Gasteiger partial charge in [0.15, 0.2) is 0 Å². The maximum absolute atomic E-state index is 12.4. The molecule has 1 aromatic carbocycles. The molecule has 1 fully saturated rings. The average molecular weight is 262 g/mol. The largest absolute Gasteiger partial charge is 0.384 e. The van der Waals surface area contributed by atoms with Crippen molar-refractivity contribution < 1.29 is 9.53 Å². The van der Waals surface area contributed by atoms with Gasteiger partial charge in [0.1, 0.15) is 0 Å². The minimum atomic E-state index is -0.297.